The molecule has 4 nitrogen and oxygen atoms in total. The van der Waals surface area contributed by atoms with Crippen molar-refractivity contribution in [1.29, 1.82) is 0 Å². The molecular weight excluding hydrogens is 260 g/mol. The van der Waals surface area contributed by atoms with Gasteiger partial charge in [-0.2, -0.15) is 0 Å². The highest BCUT2D eigenvalue weighted by Crippen LogP contribution is 2.31. The van der Waals surface area contributed by atoms with E-state index in [1.54, 1.807) is 10.9 Å². The highest BCUT2D eigenvalue weighted by atomic mass is 32.1. The van der Waals surface area contributed by atoms with Crippen molar-refractivity contribution in [3.8, 4) is 5.75 Å². The number of aromatic nitrogens is 1. The number of para-hydroxylation sites is 1. The highest BCUT2D eigenvalue weighted by Gasteiger charge is 2.22. The Bertz CT molecular complexity index is 569. The topological polar surface area (TPSA) is 51.2 Å². The summed E-state index contributed by atoms with van der Waals surface area (Å²) in [6.45, 7) is 0.695. The van der Waals surface area contributed by atoms with Crippen molar-refractivity contribution >= 4 is 17.2 Å². The predicted molar refractivity (Wildman–Crippen MR) is 73.5 cm³/mol. The number of carbonyl (C=O) groups is 1. The smallest absolute Gasteiger partial charge is 0.271 e. The summed E-state index contributed by atoms with van der Waals surface area (Å²) in [7, 11) is 0. The largest absolute Gasteiger partial charge is 0.493 e. The monoisotopic (exact) mass is 274 g/mol. The van der Waals surface area contributed by atoms with Crippen LogP contribution in [0.15, 0.2) is 35.2 Å². The fourth-order valence-electron chi connectivity index (χ4n) is 2.23. The number of nitrogens with one attached hydrogen (secondary N) is 1. The maximum absolute atomic E-state index is 12.1. The third-order valence-electron chi connectivity index (χ3n) is 3.16. The molecule has 3 rings (SSSR count). The quantitative estimate of drug-likeness (QED) is 0.916. The molecular formula is C14H14N2O2S. The van der Waals surface area contributed by atoms with E-state index in [0.29, 0.717) is 12.3 Å². The average Bonchev–Trinajstić information content (AvgIpc) is 2.90. The minimum Gasteiger partial charge on any atom is -0.493 e. The third-order valence-corrected chi connectivity index (χ3v) is 3.75. The van der Waals surface area contributed by atoms with E-state index in [1.807, 2.05) is 24.3 Å². The Morgan fingerprint density at radius 3 is 3.16 bits per heavy atom. The van der Waals surface area contributed by atoms with E-state index < -0.39 is 0 Å². The molecule has 0 saturated heterocycles. The van der Waals surface area contributed by atoms with Crippen LogP contribution in [0, 0.1) is 0 Å². The van der Waals surface area contributed by atoms with Crippen LogP contribution in [-0.2, 0) is 0 Å². The van der Waals surface area contributed by atoms with Crippen LogP contribution < -0.4 is 10.1 Å². The number of thiazole rings is 1. The molecule has 2 aromatic rings. The lowest BCUT2D eigenvalue weighted by molar-refractivity contribution is 0.0930. The summed E-state index contributed by atoms with van der Waals surface area (Å²) in [6, 6.07) is 7.86. The summed E-state index contributed by atoms with van der Waals surface area (Å²) in [5, 5.41) is 4.80. The normalized spacial score (nSPS) is 18.0. The van der Waals surface area contributed by atoms with Crippen LogP contribution in [0.2, 0.25) is 0 Å². The van der Waals surface area contributed by atoms with Crippen molar-refractivity contribution in [3.63, 3.8) is 0 Å². The molecule has 1 atom stereocenters. The molecule has 2 heterocycles. The minimum absolute atomic E-state index is 0.00657. The number of ether oxygens (including phenoxy) is 1. The van der Waals surface area contributed by atoms with Gasteiger partial charge in [-0.3, -0.25) is 4.79 Å². The summed E-state index contributed by atoms with van der Waals surface area (Å²) in [5.74, 6) is 0.742. The number of carbonyl (C=O) groups excluding carboxylic acids is 1. The lowest BCUT2D eigenvalue weighted by Gasteiger charge is -2.17. The van der Waals surface area contributed by atoms with Crippen molar-refractivity contribution in [1.82, 2.24) is 10.3 Å². The molecule has 0 bridgehead atoms. The maximum atomic E-state index is 12.1. The molecule has 1 aromatic carbocycles. The molecule has 1 N–H and O–H groups in total. The second kappa shape index (κ2) is 5.40. The molecule has 1 unspecified atom stereocenters. The number of hydrogen-bond acceptors (Lipinski definition) is 4. The van der Waals surface area contributed by atoms with Crippen molar-refractivity contribution in [2.24, 2.45) is 0 Å². The molecule has 1 aliphatic heterocycles. The van der Waals surface area contributed by atoms with Crippen LogP contribution in [0.3, 0.4) is 0 Å². The predicted octanol–water partition coefficient (Wildman–Crippen LogP) is 2.79. The van der Waals surface area contributed by atoms with Gasteiger partial charge in [-0.1, -0.05) is 18.2 Å². The molecule has 0 aliphatic carbocycles. The third kappa shape index (κ3) is 2.61. The first-order valence-corrected chi connectivity index (χ1v) is 7.19. The zero-order valence-electron chi connectivity index (χ0n) is 10.3. The van der Waals surface area contributed by atoms with Crippen LogP contribution in [0.5, 0.6) is 5.75 Å². The van der Waals surface area contributed by atoms with Crippen LogP contribution in [0.25, 0.3) is 0 Å². The molecule has 5 heteroatoms. The second-order valence-corrected chi connectivity index (χ2v) is 5.15. The lowest BCUT2D eigenvalue weighted by atomic mass is 10.0. The van der Waals surface area contributed by atoms with E-state index in [4.69, 9.17) is 4.74 Å². The fourth-order valence-corrected chi connectivity index (χ4v) is 2.76. The van der Waals surface area contributed by atoms with Gasteiger partial charge in [0.2, 0.25) is 0 Å². The van der Waals surface area contributed by atoms with E-state index >= 15 is 0 Å². The van der Waals surface area contributed by atoms with Crippen LogP contribution in [-0.4, -0.2) is 17.5 Å². The van der Waals surface area contributed by atoms with E-state index in [1.165, 1.54) is 11.3 Å². The fraction of sp³-hybridized carbons (Fsp3) is 0.286. The van der Waals surface area contributed by atoms with E-state index in [2.05, 4.69) is 10.3 Å². The number of fused-ring (bicyclic) bond motifs is 1. The summed E-state index contributed by atoms with van der Waals surface area (Å²) < 4.78 is 5.69. The van der Waals surface area contributed by atoms with Crippen molar-refractivity contribution in [2.45, 2.75) is 18.9 Å². The Hall–Kier alpha value is -1.88. The average molecular weight is 274 g/mol. The second-order valence-electron chi connectivity index (χ2n) is 4.43. The van der Waals surface area contributed by atoms with Gasteiger partial charge in [0, 0.05) is 10.9 Å². The lowest BCUT2D eigenvalue weighted by Crippen LogP contribution is -2.28. The van der Waals surface area contributed by atoms with Gasteiger partial charge in [0.25, 0.3) is 5.91 Å². The van der Waals surface area contributed by atoms with Crippen molar-refractivity contribution in [2.75, 3.05) is 6.61 Å². The van der Waals surface area contributed by atoms with Gasteiger partial charge in [0.1, 0.15) is 11.4 Å². The number of amides is 1. The summed E-state index contributed by atoms with van der Waals surface area (Å²) in [5.41, 5.74) is 3.19. The first-order valence-electron chi connectivity index (χ1n) is 6.25. The molecule has 0 saturated carbocycles. The number of hydrogen-bond donors (Lipinski definition) is 1. The van der Waals surface area contributed by atoms with Gasteiger partial charge in [-0.15, -0.1) is 11.3 Å². The Balaban J connectivity index is 1.83. The van der Waals surface area contributed by atoms with Gasteiger partial charge in [0.15, 0.2) is 0 Å². The van der Waals surface area contributed by atoms with Crippen molar-refractivity contribution in [3.05, 3.63) is 46.4 Å². The Kier molecular flexibility index (Phi) is 3.46. The SMILES string of the molecule is O=C(NC1CCCOc2ccccc21)c1cscn1. The molecule has 0 fully saturated rings. The van der Waals surface area contributed by atoms with Crippen LogP contribution in [0.1, 0.15) is 34.9 Å². The summed E-state index contributed by atoms with van der Waals surface area (Å²) >= 11 is 1.42. The van der Waals surface area contributed by atoms with Gasteiger partial charge < -0.3 is 10.1 Å². The molecule has 98 valence electrons. The highest BCUT2D eigenvalue weighted by molar-refractivity contribution is 7.07. The Morgan fingerprint density at radius 2 is 2.32 bits per heavy atom. The summed E-state index contributed by atoms with van der Waals surface area (Å²) in [6.07, 6.45) is 1.81. The zero-order valence-corrected chi connectivity index (χ0v) is 11.2. The minimum atomic E-state index is -0.122. The van der Waals surface area contributed by atoms with Gasteiger partial charge in [0.05, 0.1) is 18.2 Å². The standard InChI is InChI=1S/C14H14N2O2S/c17-14(12-8-19-9-15-12)16-11-5-3-7-18-13-6-2-1-4-10(11)13/h1-2,4,6,8-9,11H,3,5,7H2,(H,16,17). The first kappa shape index (κ1) is 12.2. The molecule has 0 radical (unpaired) electrons. The summed E-state index contributed by atoms with van der Waals surface area (Å²) in [4.78, 5) is 16.1. The van der Waals surface area contributed by atoms with Crippen LogP contribution in [0.4, 0.5) is 0 Å². The molecule has 0 spiro atoms. The van der Waals surface area contributed by atoms with Crippen LogP contribution >= 0.6 is 11.3 Å². The molecule has 1 amide bonds. The van der Waals surface area contributed by atoms with Gasteiger partial charge >= 0.3 is 0 Å². The Morgan fingerprint density at radius 1 is 1.42 bits per heavy atom. The maximum Gasteiger partial charge on any atom is 0.271 e. The first-order chi connectivity index (χ1) is 9.34. The van der Waals surface area contributed by atoms with E-state index in [9.17, 15) is 4.79 Å². The number of benzene rings is 1. The molecule has 1 aromatic heterocycles. The van der Waals surface area contributed by atoms with Gasteiger partial charge in [-0.25, -0.2) is 4.98 Å². The Labute approximate surface area is 115 Å². The zero-order chi connectivity index (χ0) is 13.1. The van der Waals surface area contributed by atoms with E-state index in [-0.39, 0.29) is 11.9 Å². The van der Waals surface area contributed by atoms with Gasteiger partial charge in [-0.05, 0) is 18.9 Å². The number of rotatable bonds is 2. The number of nitrogens with zero attached hydrogens (tertiary/aromatic N) is 1. The van der Waals surface area contributed by atoms with E-state index in [0.717, 1.165) is 24.2 Å². The van der Waals surface area contributed by atoms with Crippen molar-refractivity contribution < 1.29 is 9.53 Å². The molecule has 1 aliphatic rings. The molecule has 19 heavy (non-hydrogen) atoms.